The first-order valence-electron chi connectivity index (χ1n) is 6.02. The lowest BCUT2D eigenvalue weighted by Crippen LogP contribution is -2.19. The monoisotopic (exact) mass is 280 g/mol. The number of rotatable bonds is 5. The Hall–Kier alpha value is -2.44. The van der Waals surface area contributed by atoms with Gasteiger partial charge in [0.2, 0.25) is 0 Å². The van der Waals surface area contributed by atoms with Gasteiger partial charge in [0.1, 0.15) is 6.61 Å². The lowest BCUT2D eigenvalue weighted by molar-refractivity contribution is -0.385. The smallest absolute Gasteiger partial charge is 0.407 e. The second-order valence-corrected chi connectivity index (χ2v) is 4.45. The van der Waals surface area contributed by atoms with E-state index in [1.54, 1.807) is 13.8 Å². The first kappa shape index (κ1) is 15.6. The molecule has 0 aliphatic carbocycles. The molecule has 0 aliphatic heterocycles. The average molecular weight is 280 g/mol. The van der Waals surface area contributed by atoms with Gasteiger partial charge >= 0.3 is 6.09 Å². The van der Waals surface area contributed by atoms with E-state index < -0.39 is 11.0 Å². The van der Waals surface area contributed by atoms with Crippen molar-refractivity contribution in [1.82, 2.24) is 5.32 Å². The van der Waals surface area contributed by atoms with Gasteiger partial charge in [-0.3, -0.25) is 14.9 Å². The van der Waals surface area contributed by atoms with Gasteiger partial charge in [-0.2, -0.15) is 0 Å². The number of Topliss-reactive ketones (excluding diaryl/α,β-unsaturated/α-hetero) is 1. The van der Waals surface area contributed by atoms with Crippen LogP contribution in [0.5, 0.6) is 0 Å². The highest BCUT2D eigenvalue weighted by molar-refractivity contribution is 5.97. The van der Waals surface area contributed by atoms with Crippen molar-refractivity contribution in [2.24, 2.45) is 5.92 Å². The predicted octanol–water partition coefficient (Wildman–Crippen LogP) is 2.29. The van der Waals surface area contributed by atoms with Crippen LogP contribution in [0, 0.1) is 16.0 Å². The Labute approximate surface area is 116 Å². The Bertz CT molecular complexity index is 540. The van der Waals surface area contributed by atoms with Crippen LogP contribution in [0.3, 0.4) is 0 Å². The van der Waals surface area contributed by atoms with Gasteiger partial charge in [-0.1, -0.05) is 13.8 Å². The molecule has 0 atom stereocenters. The Kier molecular flexibility index (Phi) is 5.19. The fraction of sp³-hybridized carbons (Fsp3) is 0.385. The van der Waals surface area contributed by atoms with Gasteiger partial charge < -0.3 is 10.1 Å². The molecule has 108 valence electrons. The van der Waals surface area contributed by atoms with E-state index in [2.05, 4.69) is 5.32 Å². The molecule has 0 saturated heterocycles. The predicted molar refractivity (Wildman–Crippen MR) is 71.5 cm³/mol. The van der Waals surface area contributed by atoms with Gasteiger partial charge in [0.15, 0.2) is 5.78 Å². The van der Waals surface area contributed by atoms with Gasteiger partial charge in [0, 0.05) is 24.6 Å². The van der Waals surface area contributed by atoms with Crippen LogP contribution in [-0.4, -0.2) is 23.8 Å². The van der Waals surface area contributed by atoms with E-state index in [1.165, 1.54) is 25.2 Å². The summed E-state index contributed by atoms with van der Waals surface area (Å²) in [5.41, 5.74) is 0.361. The summed E-state index contributed by atoms with van der Waals surface area (Å²) >= 11 is 0. The maximum atomic E-state index is 11.9. The zero-order valence-corrected chi connectivity index (χ0v) is 11.5. The molecule has 1 aromatic carbocycles. The highest BCUT2D eigenvalue weighted by Gasteiger charge is 2.19. The van der Waals surface area contributed by atoms with Gasteiger partial charge in [-0.15, -0.1) is 0 Å². The van der Waals surface area contributed by atoms with Crippen LogP contribution >= 0.6 is 0 Å². The van der Waals surface area contributed by atoms with Crippen LogP contribution in [0.2, 0.25) is 0 Å². The summed E-state index contributed by atoms with van der Waals surface area (Å²) in [6, 6.07) is 4.05. The number of nitro groups is 1. The molecule has 0 spiro atoms. The van der Waals surface area contributed by atoms with E-state index in [1.807, 2.05) is 0 Å². The highest BCUT2D eigenvalue weighted by atomic mass is 16.6. The van der Waals surface area contributed by atoms with E-state index in [0.717, 1.165) is 0 Å². The minimum Gasteiger partial charge on any atom is -0.444 e. The normalized spacial score (nSPS) is 10.2. The van der Waals surface area contributed by atoms with Crippen LogP contribution in [0.4, 0.5) is 10.5 Å². The Morgan fingerprint density at radius 1 is 1.40 bits per heavy atom. The second-order valence-electron chi connectivity index (χ2n) is 4.45. The standard InChI is InChI=1S/C13H16N2O5/c1-8(2)12(16)9-4-5-11(15(18)19)10(6-9)7-20-13(17)14-3/h4-6,8H,7H2,1-3H3,(H,14,17). The third-order valence-electron chi connectivity index (χ3n) is 2.65. The van der Waals surface area contributed by atoms with Crippen LogP contribution < -0.4 is 5.32 Å². The summed E-state index contributed by atoms with van der Waals surface area (Å²) in [6.45, 7) is 3.21. The average Bonchev–Trinajstić information content (AvgIpc) is 2.43. The number of ketones is 1. The van der Waals surface area contributed by atoms with Crippen molar-refractivity contribution in [2.75, 3.05) is 7.05 Å². The van der Waals surface area contributed by atoms with Crippen molar-refractivity contribution >= 4 is 17.6 Å². The second kappa shape index (κ2) is 6.65. The summed E-state index contributed by atoms with van der Waals surface area (Å²) in [7, 11) is 1.38. The summed E-state index contributed by atoms with van der Waals surface area (Å²) in [4.78, 5) is 33.2. The van der Waals surface area contributed by atoms with Gasteiger partial charge in [0.25, 0.3) is 5.69 Å². The number of benzene rings is 1. The molecule has 0 saturated carbocycles. The molecule has 1 N–H and O–H groups in total. The molecule has 0 aliphatic rings. The summed E-state index contributed by atoms with van der Waals surface area (Å²) in [6.07, 6.45) is -0.695. The molecule has 0 fully saturated rings. The number of nitrogens with one attached hydrogen (secondary N) is 1. The number of carbonyl (C=O) groups excluding carboxylic acids is 2. The first-order valence-corrected chi connectivity index (χ1v) is 6.02. The third-order valence-corrected chi connectivity index (χ3v) is 2.65. The summed E-state index contributed by atoms with van der Waals surface area (Å²) in [5, 5.41) is 13.2. The number of hydrogen-bond donors (Lipinski definition) is 1. The van der Waals surface area contributed by atoms with Crippen molar-refractivity contribution in [1.29, 1.82) is 0 Å². The number of hydrogen-bond acceptors (Lipinski definition) is 5. The van der Waals surface area contributed by atoms with Gasteiger partial charge in [0.05, 0.1) is 10.5 Å². The third kappa shape index (κ3) is 3.78. The van der Waals surface area contributed by atoms with E-state index in [0.29, 0.717) is 5.56 Å². The van der Waals surface area contributed by atoms with E-state index >= 15 is 0 Å². The zero-order chi connectivity index (χ0) is 15.3. The largest absolute Gasteiger partial charge is 0.444 e. The molecule has 0 bridgehead atoms. The molecule has 0 heterocycles. The zero-order valence-electron chi connectivity index (χ0n) is 11.5. The molecule has 0 aromatic heterocycles. The maximum Gasteiger partial charge on any atom is 0.407 e. The number of carbonyl (C=O) groups is 2. The minimum atomic E-state index is -0.695. The first-order chi connectivity index (χ1) is 9.36. The van der Waals surface area contributed by atoms with Crippen molar-refractivity contribution in [2.45, 2.75) is 20.5 Å². The van der Waals surface area contributed by atoms with Crippen molar-refractivity contribution in [3.8, 4) is 0 Å². The number of nitrogens with zero attached hydrogens (tertiary/aromatic N) is 1. The quantitative estimate of drug-likeness (QED) is 0.507. The maximum absolute atomic E-state index is 11.9. The Morgan fingerprint density at radius 2 is 2.05 bits per heavy atom. The van der Waals surface area contributed by atoms with Gasteiger partial charge in [-0.05, 0) is 12.1 Å². The topological polar surface area (TPSA) is 98.5 Å². The lowest BCUT2D eigenvalue weighted by atomic mass is 9.99. The summed E-state index contributed by atoms with van der Waals surface area (Å²) in [5.74, 6) is -0.342. The molecular formula is C13H16N2O5. The van der Waals surface area contributed by atoms with E-state index in [9.17, 15) is 19.7 Å². The molecule has 7 nitrogen and oxygen atoms in total. The fourth-order valence-corrected chi connectivity index (χ4v) is 1.58. The van der Waals surface area contributed by atoms with Crippen molar-refractivity contribution in [3.63, 3.8) is 0 Å². The van der Waals surface area contributed by atoms with Crippen LogP contribution in [0.1, 0.15) is 29.8 Å². The molecular weight excluding hydrogens is 264 g/mol. The summed E-state index contributed by atoms with van der Waals surface area (Å²) < 4.78 is 4.80. The molecule has 1 rings (SSSR count). The number of amides is 1. The van der Waals surface area contributed by atoms with Crippen molar-refractivity contribution in [3.05, 3.63) is 39.4 Å². The van der Waals surface area contributed by atoms with Crippen molar-refractivity contribution < 1.29 is 19.2 Å². The minimum absolute atomic E-state index is 0.124. The molecule has 20 heavy (non-hydrogen) atoms. The molecule has 1 aromatic rings. The number of nitro benzene ring substituents is 1. The van der Waals surface area contributed by atoms with E-state index in [-0.39, 0.29) is 29.6 Å². The van der Waals surface area contributed by atoms with Crippen LogP contribution in [0.25, 0.3) is 0 Å². The van der Waals surface area contributed by atoms with Crippen LogP contribution in [-0.2, 0) is 11.3 Å². The molecule has 1 amide bonds. The molecule has 0 radical (unpaired) electrons. The molecule has 0 unspecified atom stereocenters. The Balaban J connectivity index is 3.09. The highest BCUT2D eigenvalue weighted by Crippen LogP contribution is 2.22. The van der Waals surface area contributed by atoms with Gasteiger partial charge in [-0.25, -0.2) is 4.79 Å². The lowest BCUT2D eigenvalue weighted by Gasteiger charge is -2.08. The number of alkyl carbamates (subject to hydrolysis) is 1. The fourth-order valence-electron chi connectivity index (χ4n) is 1.58. The Morgan fingerprint density at radius 3 is 2.55 bits per heavy atom. The SMILES string of the molecule is CNC(=O)OCc1cc(C(=O)C(C)C)ccc1[N+](=O)[O-]. The molecule has 7 heteroatoms. The number of ether oxygens (including phenoxy) is 1. The van der Waals surface area contributed by atoms with E-state index in [4.69, 9.17) is 4.74 Å². The van der Waals surface area contributed by atoms with Crippen LogP contribution in [0.15, 0.2) is 18.2 Å².